The third kappa shape index (κ3) is 3.09. The highest BCUT2D eigenvalue weighted by Gasteiger charge is 2.12. The van der Waals surface area contributed by atoms with Crippen LogP contribution < -0.4 is 4.74 Å². The van der Waals surface area contributed by atoms with Crippen LogP contribution in [0.5, 0.6) is 5.75 Å². The molecule has 90 valence electrons. The average molecular weight is 230 g/mol. The fraction of sp³-hybridized carbons (Fsp3) is 0.357. The van der Waals surface area contributed by atoms with Gasteiger partial charge >= 0.3 is 0 Å². The van der Waals surface area contributed by atoms with Crippen LogP contribution in [-0.4, -0.2) is 10.2 Å². The SMILES string of the molecule is CC(C)(C)c1ccc(OCc2ccn[nH]2)cc1. The number of H-pyrrole nitrogens is 1. The van der Waals surface area contributed by atoms with E-state index in [-0.39, 0.29) is 5.41 Å². The minimum atomic E-state index is 0.182. The van der Waals surface area contributed by atoms with Gasteiger partial charge in [0.1, 0.15) is 12.4 Å². The van der Waals surface area contributed by atoms with E-state index in [2.05, 4.69) is 43.1 Å². The molecule has 0 aliphatic rings. The smallest absolute Gasteiger partial charge is 0.130 e. The second-order valence-electron chi connectivity index (χ2n) is 5.14. The van der Waals surface area contributed by atoms with Crippen molar-refractivity contribution in [2.24, 2.45) is 0 Å². The van der Waals surface area contributed by atoms with Crippen molar-refractivity contribution in [2.75, 3.05) is 0 Å². The van der Waals surface area contributed by atoms with Crippen molar-refractivity contribution in [1.82, 2.24) is 10.2 Å². The number of hydrogen-bond acceptors (Lipinski definition) is 2. The largest absolute Gasteiger partial charge is 0.487 e. The van der Waals surface area contributed by atoms with E-state index in [0.717, 1.165) is 11.4 Å². The predicted octanol–water partition coefficient (Wildman–Crippen LogP) is 3.29. The van der Waals surface area contributed by atoms with Crippen LogP contribution in [0.2, 0.25) is 0 Å². The monoisotopic (exact) mass is 230 g/mol. The van der Waals surface area contributed by atoms with Crippen LogP contribution in [0.25, 0.3) is 0 Å². The van der Waals surface area contributed by atoms with Gasteiger partial charge in [0, 0.05) is 6.20 Å². The Morgan fingerprint density at radius 3 is 2.35 bits per heavy atom. The zero-order chi connectivity index (χ0) is 12.3. The molecule has 0 saturated heterocycles. The first kappa shape index (κ1) is 11.7. The topological polar surface area (TPSA) is 37.9 Å². The number of nitrogens with one attached hydrogen (secondary N) is 1. The number of aromatic amines is 1. The van der Waals surface area contributed by atoms with Gasteiger partial charge in [0.15, 0.2) is 0 Å². The molecule has 0 atom stereocenters. The lowest BCUT2D eigenvalue weighted by molar-refractivity contribution is 0.301. The summed E-state index contributed by atoms with van der Waals surface area (Å²) in [6.07, 6.45) is 1.72. The Kier molecular flexibility index (Phi) is 3.18. The second kappa shape index (κ2) is 4.62. The Bertz CT molecular complexity index is 452. The molecule has 0 amide bonds. The zero-order valence-electron chi connectivity index (χ0n) is 10.5. The molecule has 0 unspecified atom stereocenters. The number of nitrogens with zero attached hydrogens (tertiary/aromatic N) is 1. The molecular weight excluding hydrogens is 212 g/mol. The van der Waals surface area contributed by atoms with Crippen LogP contribution >= 0.6 is 0 Å². The molecule has 3 nitrogen and oxygen atoms in total. The quantitative estimate of drug-likeness (QED) is 0.878. The van der Waals surface area contributed by atoms with Crippen LogP contribution in [-0.2, 0) is 12.0 Å². The van der Waals surface area contributed by atoms with E-state index in [0.29, 0.717) is 6.61 Å². The van der Waals surface area contributed by atoms with Crippen LogP contribution in [0.15, 0.2) is 36.5 Å². The molecule has 1 heterocycles. The Balaban J connectivity index is 1.99. The number of ether oxygens (including phenoxy) is 1. The number of aromatic nitrogens is 2. The highest BCUT2D eigenvalue weighted by Crippen LogP contribution is 2.24. The van der Waals surface area contributed by atoms with Gasteiger partial charge in [-0.05, 0) is 29.2 Å². The van der Waals surface area contributed by atoms with E-state index in [4.69, 9.17) is 4.74 Å². The van der Waals surface area contributed by atoms with Crippen LogP contribution in [0.4, 0.5) is 0 Å². The summed E-state index contributed by atoms with van der Waals surface area (Å²) in [7, 11) is 0. The van der Waals surface area contributed by atoms with Crippen molar-refractivity contribution in [2.45, 2.75) is 32.8 Å². The lowest BCUT2D eigenvalue weighted by atomic mass is 9.87. The minimum absolute atomic E-state index is 0.182. The Morgan fingerprint density at radius 1 is 1.12 bits per heavy atom. The van der Waals surface area contributed by atoms with Gasteiger partial charge in [-0.25, -0.2) is 0 Å². The molecule has 1 N–H and O–H groups in total. The average Bonchev–Trinajstić information content (AvgIpc) is 2.78. The van der Waals surface area contributed by atoms with Gasteiger partial charge in [-0.2, -0.15) is 5.10 Å². The van der Waals surface area contributed by atoms with Crippen LogP contribution in [0.3, 0.4) is 0 Å². The number of rotatable bonds is 3. The van der Waals surface area contributed by atoms with Crippen molar-refractivity contribution < 1.29 is 4.74 Å². The number of benzene rings is 1. The van der Waals surface area contributed by atoms with E-state index in [1.807, 2.05) is 18.2 Å². The zero-order valence-corrected chi connectivity index (χ0v) is 10.5. The summed E-state index contributed by atoms with van der Waals surface area (Å²) >= 11 is 0. The molecule has 2 aromatic rings. The second-order valence-corrected chi connectivity index (χ2v) is 5.14. The molecule has 0 radical (unpaired) electrons. The third-order valence-corrected chi connectivity index (χ3v) is 2.67. The van der Waals surface area contributed by atoms with E-state index in [9.17, 15) is 0 Å². The molecule has 0 aliphatic carbocycles. The Hall–Kier alpha value is -1.77. The summed E-state index contributed by atoms with van der Waals surface area (Å²) in [6.45, 7) is 7.13. The molecule has 0 aliphatic heterocycles. The first-order valence-corrected chi connectivity index (χ1v) is 5.77. The third-order valence-electron chi connectivity index (χ3n) is 2.67. The normalized spacial score (nSPS) is 11.5. The van der Waals surface area contributed by atoms with Crippen LogP contribution in [0.1, 0.15) is 32.0 Å². The molecule has 0 saturated carbocycles. The lowest BCUT2D eigenvalue weighted by Crippen LogP contribution is -2.10. The lowest BCUT2D eigenvalue weighted by Gasteiger charge is -2.19. The van der Waals surface area contributed by atoms with Gasteiger partial charge in [0.2, 0.25) is 0 Å². The summed E-state index contributed by atoms with van der Waals surface area (Å²) in [4.78, 5) is 0. The van der Waals surface area contributed by atoms with E-state index < -0.39 is 0 Å². The molecule has 17 heavy (non-hydrogen) atoms. The summed E-state index contributed by atoms with van der Waals surface area (Å²) in [6, 6.07) is 10.2. The maximum Gasteiger partial charge on any atom is 0.130 e. The molecule has 1 aromatic heterocycles. The van der Waals surface area contributed by atoms with Crippen molar-refractivity contribution in [3.05, 3.63) is 47.8 Å². The van der Waals surface area contributed by atoms with Crippen molar-refractivity contribution in [1.29, 1.82) is 0 Å². The first-order valence-electron chi connectivity index (χ1n) is 5.77. The molecule has 0 spiro atoms. The maximum absolute atomic E-state index is 5.65. The fourth-order valence-electron chi connectivity index (χ4n) is 1.58. The van der Waals surface area contributed by atoms with E-state index in [1.54, 1.807) is 6.20 Å². The molecule has 3 heteroatoms. The fourth-order valence-corrected chi connectivity index (χ4v) is 1.58. The van der Waals surface area contributed by atoms with Gasteiger partial charge in [0.05, 0.1) is 5.69 Å². The van der Waals surface area contributed by atoms with Gasteiger partial charge < -0.3 is 4.74 Å². The van der Waals surface area contributed by atoms with E-state index >= 15 is 0 Å². The Labute approximate surface area is 102 Å². The van der Waals surface area contributed by atoms with Crippen LogP contribution in [0, 0.1) is 0 Å². The van der Waals surface area contributed by atoms with Gasteiger partial charge in [-0.15, -0.1) is 0 Å². The molecule has 2 rings (SSSR count). The Morgan fingerprint density at radius 2 is 1.82 bits per heavy atom. The maximum atomic E-state index is 5.65. The summed E-state index contributed by atoms with van der Waals surface area (Å²) in [5.41, 5.74) is 2.47. The summed E-state index contributed by atoms with van der Waals surface area (Å²) in [5, 5.41) is 6.74. The number of hydrogen-bond donors (Lipinski definition) is 1. The first-order chi connectivity index (χ1) is 8.05. The van der Waals surface area contributed by atoms with Gasteiger partial charge in [-0.1, -0.05) is 32.9 Å². The molecule has 0 bridgehead atoms. The highest BCUT2D eigenvalue weighted by molar-refractivity contribution is 5.31. The summed E-state index contributed by atoms with van der Waals surface area (Å²) in [5.74, 6) is 0.882. The minimum Gasteiger partial charge on any atom is -0.487 e. The summed E-state index contributed by atoms with van der Waals surface area (Å²) < 4.78 is 5.65. The molecule has 1 aromatic carbocycles. The molecular formula is C14H18N2O. The predicted molar refractivity (Wildman–Crippen MR) is 68.1 cm³/mol. The highest BCUT2D eigenvalue weighted by atomic mass is 16.5. The molecule has 0 fully saturated rings. The van der Waals surface area contributed by atoms with Gasteiger partial charge in [0.25, 0.3) is 0 Å². The van der Waals surface area contributed by atoms with Crippen molar-refractivity contribution >= 4 is 0 Å². The standard InChI is InChI=1S/C14H18N2O/c1-14(2,3)11-4-6-13(7-5-11)17-10-12-8-9-15-16-12/h4-9H,10H2,1-3H3,(H,15,16). The van der Waals surface area contributed by atoms with Gasteiger partial charge in [-0.3, -0.25) is 5.10 Å². The van der Waals surface area contributed by atoms with E-state index in [1.165, 1.54) is 5.56 Å². The van der Waals surface area contributed by atoms with Crippen molar-refractivity contribution in [3.8, 4) is 5.75 Å². The van der Waals surface area contributed by atoms with Crippen molar-refractivity contribution in [3.63, 3.8) is 0 Å².